The molecular formula is C12H19NO. The zero-order chi connectivity index (χ0) is 10.1. The second kappa shape index (κ2) is 7.39. The molecular weight excluding hydrogens is 174 g/mol. The van der Waals surface area contributed by atoms with Crippen molar-refractivity contribution in [2.75, 3.05) is 25.1 Å². The van der Waals surface area contributed by atoms with E-state index in [1.165, 1.54) is 5.69 Å². The molecule has 78 valence electrons. The Kier molecular flexibility index (Phi) is 5.84. The van der Waals surface area contributed by atoms with Crippen LogP contribution in [0.5, 0.6) is 0 Å². The van der Waals surface area contributed by atoms with Crippen molar-refractivity contribution in [3.63, 3.8) is 0 Å². The summed E-state index contributed by atoms with van der Waals surface area (Å²) in [5.41, 5.74) is 1.18. The monoisotopic (exact) mass is 193 g/mol. The Morgan fingerprint density at radius 1 is 1.14 bits per heavy atom. The van der Waals surface area contributed by atoms with E-state index in [0.717, 1.165) is 32.6 Å². The quantitative estimate of drug-likeness (QED) is 0.672. The highest BCUT2D eigenvalue weighted by Crippen LogP contribution is 2.04. The van der Waals surface area contributed by atoms with Gasteiger partial charge in [-0.05, 0) is 25.0 Å². The van der Waals surface area contributed by atoms with Gasteiger partial charge in [0.1, 0.15) is 0 Å². The average Bonchev–Trinajstić information content (AvgIpc) is 2.25. The molecule has 0 radical (unpaired) electrons. The summed E-state index contributed by atoms with van der Waals surface area (Å²) < 4.78 is 5.38. The fraction of sp³-hybridized carbons (Fsp3) is 0.500. The molecule has 0 saturated heterocycles. The zero-order valence-electron chi connectivity index (χ0n) is 8.83. The van der Waals surface area contributed by atoms with Crippen LogP contribution in [0.25, 0.3) is 0 Å². The lowest BCUT2D eigenvalue weighted by atomic mass is 10.3. The summed E-state index contributed by atoms with van der Waals surface area (Å²) in [6, 6.07) is 10.3. The highest BCUT2D eigenvalue weighted by molar-refractivity contribution is 5.42. The first kappa shape index (κ1) is 11.1. The van der Waals surface area contributed by atoms with Gasteiger partial charge in [-0.3, -0.25) is 0 Å². The Bertz CT molecular complexity index is 223. The minimum Gasteiger partial charge on any atom is -0.385 e. The van der Waals surface area contributed by atoms with Crippen molar-refractivity contribution in [2.45, 2.75) is 19.8 Å². The first-order valence-electron chi connectivity index (χ1n) is 5.30. The standard InChI is InChI=1S/C12H19NO/c1-2-10-14-11-6-9-13-12-7-4-3-5-8-12/h3-5,7-8,13H,2,6,9-11H2,1H3. The van der Waals surface area contributed by atoms with Gasteiger partial charge in [-0.2, -0.15) is 0 Å². The second-order valence-corrected chi connectivity index (χ2v) is 3.26. The van der Waals surface area contributed by atoms with Gasteiger partial charge < -0.3 is 10.1 Å². The summed E-state index contributed by atoms with van der Waals surface area (Å²) in [5.74, 6) is 0. The molecule has 1 N–H and O–H groups in total. The molecule has 2 nitrogen and oxygen atoms in total. The Balaban J connectivity index is 1.99. The summed E-state index contributed by atoms with van der Waals surface area (Å²) in [6.45, 7) is 4.84. The van der Waals surface area contributed by atoms with Gasteiger partial charge in [0, 0.05) is 25.4 Å². The Labute approximate surface area is 86.3 Å². The van der Waals surface area contributed by atoms with Gasteiger partial charge in [0.25, 0.3) is 0 Å². The largest absolute Gasteiger partial charge is 0.385 e. The van der Waals surface area contributed by atoms with Gasteiger partial charge in [-0.25, -0.2) is 0 Å². The SMILES string of the molecule is CCCOCCCNc1ccccc1. The van der Waals surface area contributed by atoms with Crippen LogP contribution in [0.4, 0.5) is 5.69 Å². The molecule has 0 aliphatic rings. The van der Waals surface area contributed by atoms with E-state index in [4.69, 9.17) is 4.74 Å². The van der Waals surface area contributed by atoms with Gasteiger partial charge in [-0.15, -0.1) is 0 Å². The van der Waals surface area contributed by atoms with Crippen molar-refractivity contribution >= 4 is 5.69 Å². The highest BCUT2D eigenvalue weighted by atomic mass is 16.5. The number of rotatable bonds is 7. The molecule has 0 atom stereocenters. The van der Waals surface area contributed by atoms with Gasteiger partial charge >= 0.3 is 0 Å². The van der Waals surface area contributed by atoms with Gasteiger partial charge in [0.05, 0.1) is 0 Å². The molecule has 0 aliphatic carbocycles. The lowest BCUT2D eigenvalue weighted by molar-refractivity contribution is 0.134. The fourth-order valence-corrected chi connectivity index (χ4v) is 1.21. The number of anilines is 1. The van der Waals surface area contributed by atoms with Crippen LogP contribution in [-0.4, -0.2) is 19.8 Å². The Morgan fingerprint density at radius 2 is 1.93 bits per heavy atom. The molecule has 0 unspecified atom stereocenters. The Morgan fingerprint density at radius 3 is 2.64 bits per heavy atom. The van der Waals surface area contributed by atoms with Crippen LogP contribution in [0.2, 0.25) is 0 Å². The molecule has 0 heterocycles. The van der Waals surface area contributed by atoms with Crippen LogP contribution < -0.4 is 5.32 Å². The predicted molar refractivity (Wildman–Crippen MR) is 60.7 cm³/mol. The molecule has 0 saturated carbocycles. The minimum atomic E-state index is 0.855. The molecule has 0 aromatic heterocycles. The molecule has 1 rings (SSSR count). The maximum absolute atomic E-state index is 5.38. The number of hydrogen-bond donors (Lipinski definition) is 1. The van der Waals surface area contributed by atoms with Crippen molar-refractivity contribution in [3.05, 3.63) is 30.3 Å². The third kappa shape index (κ3) is 4.87. The van der Waals surface area contributed by atoms with Crippen molar-refractivity contribution in [1.82, 2.24) is 0 Å². The molecule has 2 heteroatoms. The van der Waals surface area contributed by atoms with E-state index in [-0.39, 0.29) is 0 Å². The molecule has 0 aliphatic heterocycles. The predicted octanol–water partition coefficient (Wildman–Crippen LogP) is 2.92. The first-order chi connectivity index (χ1) is 6.93. The van der Waals surface area contributed by atoms with Crippen molar-refractivity contribution < 1.29 is 4.74 Å². The first-order valence-corrected chi connectivity index (χ1v) is 5.30. The van der Waals surface area contributed by atoms with Crippen molar-refractivity contribution in [2.24, 2.45) is 0 Å². The molecule has 0 fully saturated rings. The van der Waals surface area contributed by atoms with Crippen molar-refractivity contribution in [1.29, 1.82) is 0 Å². The molecule has 1 aromatic rings. The van der Waals surface area contributed by atoms with Crippen LogP contribution in [0.3, 0.4) is 0 Å². The third-order valence-corrected chi connectivity index (χ3v) is 1.92. The van der Waals surface area contributed by atoms with Gasteiger partial charge in [-0.1, -0.05) is 25.1 Å². The van der Waals surface area contributed by atoms with Crippen LogP contribution in [0.15, 0.2) is 30.3 Å². The van der Waals surface area contributed by atoms with E-state index >= 15 is 0 Å². The normalized spacial score (nSPS) is 10.1. The molecule has 0 amide bonds. The van der Waals surface area contributed by atoms with E-state index in [1.54, 1.807) is 0 Å². The summed E-state index contributed by atoms with van der Waals surface area (Å²) >= 11 is 0. The van der Waals surface area contributed by atoms with E-state index in [2.05, 4.69) is 24.4 Å². The number of hydrogen-bond acceptors (Lipinski definition) is 2. The number of ether oxygens (including phenoxy) is 1. The van der Waals surface area contributed by atoms with Crippen LogP contribution >= 0.6 is 0 Å². The van der Waals surface area contributed by atoms with Crippen LogP contribution in [-0.2, 0) is 4.74 Å². The number of nitrogens with one attached hydrogen (secondary N) is 1. The minimum absolute atomic E-state index is 0.855. The maximum atomic E-state index is 5.38. The van der Waals surface area contributed by atoms with Crippen LogP contribution in [0.1, 0.15) is 19.8 Å². The lowest BCUT2D eigenvalue weighted by Crippen LogP contribution is -2.05. The zero-order valence-corrected chi connectivity index (χ0v) is 8.83. The summed E-state index contributed by atoms with van der Waals surface area (Å²) in [5, 5.41) is 3.34. The third-order valence-electron chi connectivity index (χ3n) is 1.92. The van der Waals surface area contributed by atoms with Crippen molar-refractivity contribution in [3.8, 4) is 0 Å². The van der Waals surface area contributed by atoms with Crippen LogP contribution in [0, 0.1) is 0 Å². The van der Waals surface area contributed by atoms with E-state index in [9.17, 15) is 0 Å². The van der Waals surface area contributed by atoms with Gasteiger partial charge in [0.2, 0.25) is 0 Å². The molecule has 0 spiro atoms. The number of benzene rings is 1. The molecule has 1 aromatic carbocycles. The fourth-order valence-electron chi connectivity index (χ4n) is 1.21. The maximum Gasteiger partial charge on any atom is 0.0482 e. The summed E-state index contributed by atoms with van der Waals surface area (Å²) in [4.78, 5) is 0. The van der Waals surface area contributed by atoms with E-state index < -0.39 is 0 Å². The highest BCUT2D eigenvalue weighted by Gasteiger charge is 1.89. The smallest absolute Gasteiger partial charge is 0.0482 e. The number of para-hydroxylation sites is 1. The summed E-state index contributed by atoms with van der Waals surface area (Å²) in [6.07, 6.45) is 2.17. The summed E-state index contributed by atoms with van der Waals surface area (Å²) in [7, 11) is 0. The van der Waals surface area contributed by atoms with E-state index in [0.29, 0.717) is 0 Å². The second-order valence-electron chi connectivity index (χ2n) is 3.26. The average molecular weight is 193 g/mol. The van der Waals surface area contributed by atoms with E-state index in [1.807, 2.05) is 18.2 Å². The topological polar surface area (TPSA) is 21.3 Å². The Hall–Kier alpha value is -1.02. The molecule has 14 heavy (non-hydrogen) atoms. The lowest BCUT2D eigenvalue weighted by Gasteiger charge is -2.06. The molecule has 0 bridgehead atoms. The van der Waals surface area contributed by atoms with Gasteiger partial charge in [0.15, 0.2) is 0 Å².